The second-order valence-corrected chi connectivity index (χ2v) is 6.05. The number of carbonyl (C=O) groups is 1. The molecule has 1 atom stereocenters. The van der Waals surface area contributed by atoms with Crippen molar-refractivity contribution in [2.75, 3.05) is 18.9 Å². The number of carbonyl (C=O) groups excluding carboxylic acids is 1. The summed E-state index contributed by atoms with van der Waals surface area (Å²) in [5, 5.41) is 2.96. The molecule has 0 spiro atoms. The van der Waals surface area contributed by atoms with Crippen molar-refractivity contribution < 1.29 is 4.79 Å². The number of para-hydroxylation sites is 1. The molecule has 1 amide bonds. The largest absolute Gasteiger partial charge is 0.325 e. The molecule has 4 heteroatoms. The van der Waals surface area contributed by atoms with E-state index in [1.54, 1.807) is 0 Å². The highest BCUT2D eigenvalue weighted by atomic mass is 79.9. The van der Waals surface area contributed by atoms with Gasteiger partial charge in [0.15, 0.2) is 0 Å². The predicted octanol–water partition coefficient (Wildman–Crippen LogP) is 3.65. The first kappa shape index (κ1) is 14.5. The van der Waals surface area contributed by atoms with E-state index < -0.39 is 0 Å². The molecule has 1 aliphatic rings. The van der Waals surface area contributed by atoms with Crippen LogP contribution in [0, 0.1) is 0 Å². The van der Waals surface area contributed by atoms with Crippen molar-refractivity contribution in [1.82, 2.24) is 4.90 Å². The maximum absolute atomic E-state index is 12.0. The molecule has 1 fully saturated rings. The van der Waals surface area contributed by atoms with Crippen LogP contribution in [0.1, 0.15) is 32.1 Å². The molecule has 0 saturated carbocycles. The summed E-state index contributed by atoms with van der Waals surface area (Å²) in [4.78, 5) is 14.3. The zero-order valence-electron chi connectivity index (χ0n) is 11.4. The van der Waals surface area contributed by atoms with Gasteiger partial charge in [0, 0.05) is 16.9 Å². The van der Waals surface area contributed by atoms with Crippen LogP contribution in [-0.2, 0) is 4.79 Å². The summed E-state index contributed by atoms with van der Waals surface area (Å²) in [6, 6.07) is 8.28. The van der Waals surface area contributed by atoms with Crippen LogP contribution in [0.2, 0.25) is 0 Å². The van der Waals surface area contributed by atoms with Crippen molar-refractivity contribution in [3.8, 4) is 0 Å². The van der Waals surface area contributed by atoms with Crippen LogP contribution in [0.5, 0.6) is 0 Å². The monoisotopic (exact) mass is 324 g/mol. The molecular weight excluding hydrogens is 304 g/mol. The summed E-state index contributed by atoms with van der Waals surface area (Å²) in [5.41, 5.74) is 0.851. The molecule has 1 saturated heterocycles. The molecule has 0 bridgehead atoms. The third-order valence-electron chi connectivity index (χ3n) is 3.77. The second kappa shape index (κ2) is 7.06. The van der Waals surface area contributed by atoms with Gasteiger partial charge in [-0.2, -0.15) is 0 Å². The van der Waals surface area contributed by atoms with Gasteiger partial charge in [-0.3, -0.25) is 4.79 Å². The van der Waals surface area contributed by atoms with Crippen molar-refractivity contribution in [1.29, 1.82) is 0 Å². The fraction of sp³-hybridized carbons (Fsp3) is 0.533. The third kappa shape index (κ3) is 4.32. The van der Waals surface area contributed by atoms with E-state index in [-0.39, 0.29) is 5.91 Å². The number of rotatable bonds is 4. The summed E-state index contributed by atoms with van der Waals surface area (Å²) in [5.74, 6) is 0.103. The molecule has 3 nitrogen and oxygen atoms in total. The fourth-order valence-corrected chi connectivity index (χ4v) is 2.97. The number of nitrogens with one attached hydrogen (secondary N) is 1. The van der Waals surface area contributed by atoms with E-state index in [1.165, 1.54) is 19.3 Å². The van der Waals surface area contributed by atoms with E-state index in [0.717, 1.165) is 23.1 Å². The lowest BCUT2D eigenvalue weighted by atomic mass is 9.98. The molecule has 1 heterocycles. The minimum Gasteiger partial charge on any atom is -0.325 e. The SMILES string of the molecule is CN1CCCCC1CCC(=O)Nc1ccccc1Br. The van der Waals surface area contributed by atoms with Crippen LogP contribution < -0.4 is 5.32 Å². The first-order valence-corrected chi connectivity index (χ1v) is 7.71. The van der Waals surface area contributed by atoms with Crippen LogP contribution in [-0.4, -0.2) is 30.4 Å². The first-order valence-electron chi connectivity index (χ1n) is 6.91. The van der Waals surface area contributed by atoms with E-state index in [4.69, 9.17) is 0 Å². The Morgan fingerprint density at radius 3 is 2.95 bits per heavy atom. The normalized spacial score (nSPS) is 20.2. The molecule has 2 rings (SSSR count). The number of likely N-dealkylation sites (tertiary alicyclic amines) is 1. The number of benzene rings is 1. The van der Waals surface area contributed by atoms with E-state index in [0.29, 0.717) is 12.5 Å². The Kier molecular flexibility index (Phi) is 5.40. The quantitative estimate of drug-likeness (QED) is 0.916. The van der Waals surface area contributed by atoms with Crippen molar-refractivity contribution >= 4 is 27.5 Å². The van der Waals surface area contributed by atoms with Gasteiger partial charge in [0.25, 0.3) is 0 Å². The Morgan fingerprint density at radius 2 is 2.21 bits per heavy atom. The average molecular weight is 325 g/mol. The van der Waals surface area contributed by atoms with Gasteiger partial charge in [0.1, 0.15) is 0 Å². The average Bonchev–Trinajstić information content (AvgIpc) is 2.40. The highest BCUT2D eigenvalue weighted by Gasteiger charge is 2.19. The number of halogens is 1. The minimum absolute atomic E-state index is 0.103. The molecular formula is C15H21BrN2O. The fourth-order valence-electron chi connectivity index (χ4n) is 2.58. The van der Waals surface area contributed by atoms with Crippen LogP contribution in [0.3, 0.4) is 0 Å². The van der Waals surface area contributed by atoms with Crippen LogP contribution in [0.25, 0.3) is 0 Å². The van der Waals surface area contributed by atoms with Crippen LogP contribution in [0.15, 0.2) is 28.7 Å². The molecule has 1 N–H and O–H groups in total. The lowest BCUT2D eigenvalue weighted by Gasteiger charge is -2.32. The van der Waals surface area contributed by atoms with E-state index in [2.05, 4.69) is 33.2 Å². The Hall–Kier alpha value is -0.870. The number of hydrogen-bond acceptors (Lipinski definition) is 2. The summed E-state index contributed by atoms with van der Waals surface area (Å²) >= 11 is 3.44. The van der Waals surface area contributed by atoms with Gasteiger partial charge in [-0.1, -0.05) is 18.6 Å². The maximum Gasteiger partial charge on any atom is 0.224 e. The van der Waals surface area contributed by atoms with Gasteiger partial charge < -0.3 is 10.2 Å². The van der Waals surface area contributed by atoms with Gasteiger partial charge in [0.2, 0.25) is 5.91 Å². The van der Waals surface area contributed by atoms with Crippen LogP contribution >= 0.6 is 15.9 Å². The van der Waals surface area contributed by atoms with Crippen molar-refractivity contribution in [2.24, 2.45) is 0 Å². The highest BCUT2D eigenvalue weighted by molar-refractivity contribution is 9.10. The smallest absolute Gasteiger partial charge is 0.224 e. The summed E-state index contributed by atoms with van der Waals surface area (Å²) in [6.07, 6.45) is 5.35. The summed E-state index contributed by atoms with van der Waals surface area (Å²) in [6.45, 7) is 1.16. The number of hydrogen-bond donors (Lipinski definition) is 1. The third-order valence-corrected chi connectivity index (χ3v) is 4.47. The van der Waals surface area contributed by atoms with Gasteiger partial charge in [0.05, 0.1) is 5.69 Å². The summed E-state index contributed by atoms with van der Waals surface area (Å²) < 4.78 is 0.929. The van der Waals surface area contributed by atoms with E-state index in [1.807, 2.05) is 24.3 Å². The van der Waals surface area contributed by atoms with Crippen molar-refractivity contribution in [3.63, 3.8) is 0 Å². The standard InChI is InChI=1S/C15H21BrN2O/c1-18-11-5-4-6-12(18)9-10-15(19)17-14-8-3-2-7-13(14)16/h2-3,7-8,12H,4-6,9-11H2,1H3,(H,17,19). The van der Waals surface area contributed by atoms with Crippen molar-refractivity contribution in [3.05, 3.63) is 28.7 Å². The molecule has 0 radical (unpaired) electrons. The number of nitrogens with zero attached hydrogens (tertiary/aromatic N) is 1. The van der Waals surface area contributed by atoms with Crippen LogP contribution in [0.4, 0.5) is 5.69 Å². The molecule has 0 aromatic heterocycles. The zero-order valence-corrected chi connectivity index (χ0v) is 12.9. The lowest BCUT2D eigenvalue weighted by molar-refractivity contribution is -0.116. The number of amides is 1. The first-order chi connectivity index (χ1) is 9.16. The topological polar surface area (TPSA) is 32.3 Å². The lowest BCUT2D eigenvalue weighted by Crippen LogP contribution is -2.36. The maximum atomic E-state index is 12.0. The number of anilines is 1. The Balaban J connectivity index is 1.80. The Labute approximate surface area is 123 Å². The molecule has 0 aliphatic carbocycles. The highest BCUT2D eigenvalue weighted by Crippen LogP contribution is 2.22. The Bertz CT molecular complexity index is 436. The molecule has 104 valence electrons. The molecule has 1 aromatic rings. The zero-order chi connectivity index (χ0) is 13.7. The molecule has 1 aromatic carbocycles. The van der Waals surface area contributed by atoms with Crippen molar-refractivity contribution in [2.45, 2.75) is 38.1 Å². The van der Waals surface area contributed by atoms with Gasteiger partial charge >= 0.3 is 0 Å². The Morgan fingerprint density at radius 1 is 1.42 bits per heavy atom. The predicted molar refractivity (Wildman–Crippen MR) is 82.3 cm³/mol. The van der Waals surface area contributed by atoms with E-state index in [9.17, 15) is 4.79 Å². The molecule has 1 aliphatic heterocycles. The van der Waals surface area contributed by atoms with Gasteiger partial charge in [-0.05, 0) is 60.9 Å². The minimum atomic E-state index is 0.103. The van der Waals surface area contributed by atoms with Gasteiger partial charge in [-0.25, -0.2) is 0 Å². The molecule has 19 heavy (non-hydrogen) atoms. The van der Waals surface area contributed by atoms with Gasteiger partial charge in [-0.15, -0.1) is 0 Å². The molecule has 1 unspecified atom stereocenters. The van der Waals surface area contributed by atoms with E-state index >= 15 is 0 Å². The summed E-state index contributed by atoms with van der Waals surface area (Å²) in [7, 11) is 2.16. The number of piperidine rings is 1. The second-order valence-electron chi connectivity index (χ2n) is 5.20.